The zero-order valence-electron chi connectivity index (χ0n) is 10.1. The number of ether oxygens (including phenoxy) is 1. The molecule has 1 aliphatic rings. The summed E-state index contributed by atoms with van der Waals surface area (Å²) in [7, 11) is 0. The Hall–Kier alpha value is -1.88. The number of aryl methyl sites for hydroxylation is 1. The molecule has 2 aromatic rings. The minimum atomic E-state index is -0.0746. The van der Waals surface area contributed by atoms with Gasteiger partial charge in [0.2, 0.25) is 5.82 Å². The number of nitrogens with zero attached hydrogens (tertiary/aromatic N) is 2. The van der Waals surface area contributed by atoms with Crippen molar-refractivity contribution in [3.8, 4) is 17.2 Å². The van der Waals surface area contributed by atoms with Crippen LogP contribution in [-0.2, 0) is 4.74 Å². The van der Waals surface area contributed by atoms with Crippen molar-refractivity contribution in [1.29, 1.82) is 0 Å². The van der Waals surface area contributed by atoms with E-state index in [-0.39, 0.29) is 11.9 Å². The predicted molar refractivity (Wildman–Crippen MR) is 64.1 cm³/mol. The molecule has 5 heteroatoms. The largest absolute Gasteiger partial charge is 0.507 e. The van der Waals surface area contributed by atoms with Crippen LogP contribution in [0.25, 0.3) is 11.5 Å². The van der Waals surface area contributed by atoms with Gasteiger partial charge in [-0.3, -0.25) is 0 Å². The molecule has 1 saturated heterocycles. The van der Waals surface area contributed by atoms with Gasteiger partial charge in [-0.1, -0.05) is 16.8 Å². The Morgan fingerprint density at radius 1 is 1.39 bits per heavy atom. The molecule has 0 radical (unpaired) electrons. The van der Waals surface area contributed by atoms with E-state index >= 15 is 0 Å². The smallest absolute Gasteiger partial charge is 0.261 e. The Balaban J connectivity index is 1.94. The summed E-state index contributed by atoms with van der Waals surface area (Å²) in [4.78, 5) is 4.30. The van der Waals surface area contributed by atoms with Gasteiger partial charge in [-0.05, 0) is 31.9 Å². The van der Waals surface area contributed by atoms with Crippen molar-refractivity contribution in [2.75, 3.05) is 6.61 Å². The van der Waals surface area contributed by atoms with Crippen LogP contribution in [-0.4, -0.2) is 21.9 Å². The average Bonchev–Trinajstić information content (AvgIpc) is 3.00. The van der Waals surface area contributed by atoms with E-state index in [2.05, 4.69) is 10.1 Å². The summed E-state index contributed by atoms with van der Waals surface area (Å²) in [5, 5.41) is 13.7. The molecular formula is C13H14N2O3. The summed E-state index contributed by atoms with van der Waals surface area (Å²) < 4.78 is 10.7. The first kappa shape index (κ1) is 11.2. The number of aromatic nitrogens is 2. The SMILES string of the molecule is Cc1ccc(O)c(-c2nc(C3CCCO3)no2)c1. The fraction of sp³-hybridized carbons (Fsp3) is 0.385. The first-order chi connectivity index (χ1) is 8.74. The lowest BCUT2D eigenvalue weighted by Gasteiger charge is -2.01. The van der Waals surface area contributed by atoms with E-state index in [0.29, 0.717) is 17.3 Å². The Labute approximate surface area is 104 Å². The highest BCUT2D eigenvalue weighted by Crippen LogP contribution is 2.31. The number of hydrogen-bond acceptors (Lipinski definition) is 5. The van der Waals surface area contributed by atoms with Gasteiger partial charge in [0.15, 0.2) is 0 Å². The number of hydrogen-bond donors (Lipinski definition) is 1. The molecule has 1 atom stereocenters. The lowest BCUT2D eigenvalue weighted by molar-refractivity contribution is 0.103. The molecule has 1 aromatic carbocycles. The number of aromatic hydroxyl groups is 1. The lowest BCUT2D eigenvalue weighted by atomic mass is 10.1. The lowest BCUT2D eigenvalue weighted by Crippen LogP contribution is -1.97. The quantitative estimate of drug-likeness (QED) is 0.882. The van der Waals surface area contributed by atoms with Crippen LogP contribution in [0.1, 0.15) is 30.3 Å². The van der Waals surface area contributed by atoms with Gasteiger partial charge in [-0.2, -0.15) is 4.98 Å². The summed E-state index contributed by atoms with van der Waals surface area (Å²) in [6.45, 7) is 2.69. The van der Waals surface area contributed by atoms with Gasteiger partial charge in [0.1, 0.15) is 11.9 Å². The van der Waals surface area contributed by atoms with E-state index < -0.39 is 0 Å². The van der Waals surface area contributed by atoms with E-state index in [1.165, 1.54) is 0 Å². The fourth-order valence-electron chi connectivity index (χ4n) is 2.08. The second kappa shape index (κ2) is 4.42. The van der Waals surface area contributed by atoms with Gasteiger partial charge in [0.25, 0.3) is 5.89 Å². The molecule has 1 aromatic heterocycles. The molecule has 1 unspecified atom stereocenters. The van der Waals surface area contributed by atoms with Gasteiger partial charge in [0.05, 0.1) is 5.56 Å². The normalized spacial score (nSPS) is 19.3. The van der Waals surface area contributed by atoms with E-state index in [1.807, 2.05) is 19.1 Å². The predicted octanol–water partition coefficient (Wildman–Crippen LogP) is 2.60. The minimum Gasteiger partial charge on any atom is -0.507 e. The third kappa shape index (κ3) is 1.97. The average molecular weight is 246 g/mol. The topological polar surface area (TPSA) is 68.4 Å². The molecule has 0 saturated carbocycles. The highest BCUT2D eigenvalue weighted by molar-refractivity contribution is 5.63. The summed E-state index contributed by atoms with van der Waals surface area (Å²) >= 11 is 0. The van der Waals surface area contributed by atoms with Crippen LogP contribution in [0.4, 0.5) is 0 Å². The van der Waals surface area contributed by atoms with Gasteiger partial charge in [-0.25, -0.2) is 0 Å². The molecule has 94 valence electrons. The summed E-state index contributed by atoms with van der Waals surface area (Å²) in [6, 6.07) is 5.28. The van der Waals surface area contributed by atoms with Crippen LogP contribution in [0.2, 0.25) is 0 Å². The Kier molecular flexibility index (Phi) is 2.76. The van der Waals surface area contributed by atoms with Crippen LogP contribution in [0, 0.1) is 6.92 Å². The highest BCUT2D eigenvalue weighted by Gasteiger charge is 2.24. The summed E-state index contributed by atoms with van der Waals surface area (Å²) in [6.07, 6.45) is 1.86. The van der Waals surface area contributed by atoms with Crippen molar-refractivity contribution < 1.29 is 14.4 Å². The molecule has 1 fully saturated rings. The number of rotatable bonds is 2. The van der Waals surface area contributed by atoms with E-state index in [0.717, 1.165) is 25.0 Å². The Morgan fingerprint density at radius 2 is 2.28 bits per heavy atom. The highest BCUT2D eigenvalue weighted by atomic mass is 16.5. The maximum atomic E-state index is 9.80. The monoisotopic (exact) mass is 246 g/mol. The third-order valence-electron chi connectivity index (χ3n) is 3.04. The summed E-state index contributed by atoms with van der Waals surface area (Å²) in [5.41, 5.74) is 1.59. The van der Waals surface area contributed by atoms with Crippen molar-refractivity contribution in [3.05, 3.63) is 29.6 Å². The van der Waals surface area contributed by atoms with Crippen LogP contribution < -0.4 is 0 Å². The maximum Gasteiger partial charge on any atom is 0.261 e. The minimum absolute atomic E-state index is 0.0746. The molecule has 1 aliphatic heterocycles. The molecule has 5 nitrogen and oxygen atoms in total. The zero-order chi connectivity index (χ0) is 12.5. The second-order valence-corrected chi connectivity index (χ2v) is 4.48. The van der Waals surface area contributed by atoms with Gasteiger partial charge < -0.3 is 14.4 Å². The number of phenols is 1. The van der Waals surface area contributed by atoms with Crippen LogP contribution in [0.5, 0.6) is 5.75 Å². The Bertz CT molecular complexity index is 559. The second-order valence-electron chi connectivity index (χ2n) is 4.48. The van der Waals surface area contributed by atoms with E-state index in [1.54, 1.807) is 6.07 Å². The van der Waals surface area contributed by atoms with Gasteiger partial charge in [0, 0.05) is 6.61 Å². The van der Waals surface area contributed by atoms with Crippen molar-refractivity contribution >= 4 is 0 Å². The number of phenolic OH excluding ortho intramolecular Hbond substituents is 1. The van der Waals surface area contributed by atoms with Gasteiger partial charge in [-0.15, -0.1) is 0 Å². The first-order valence-corrected chi connectivity index (χ1v) is 5.99. The molecule has 2 heterocycles. The Morgan fingerprint density at radius 3 is 3.06 bits per heavy atom. The summed E-state index contributed by atoms with van der Waals surface area (Å²) in [5.74, 6) is 1.04. The standard InChI is InChI=1S/C13H14N2O3/c1-8-4-5-10(16)9(7-8)13-14-12(15-18-13)11-3-2-6-17-11/h4-5,7,11,16H,2-3,6H2,1H3. The first-order valence-electron chi connectivity index (χ1n) is 5.99. The number of benzene rings is 1. The van der Waals surface area contributed by atoms with E-state index in [9.17, 15) is 5.11 Å². The molecular weight excluding hydrogens is 232 g/mol. The maximum absolute atomic E-state index is 9.80. The van der Waals surface area contributed by atoms with Gasteiger partial charge >= 0.3 is 0 Å². The van der Waals surface area contributed by atoms with Crippen LogP contribution >= 0.6 is 0 Å². The molecule has 0 bridgehead atoms. The third-order valence-corrected chi connectivity index (χ3v) is 3.04. The molecule has 0 aliphatic carbocycles. The molecule has 18 heavy (non-hydrogen) atoms. The molecule has 1 N–H and O–H groups in total. The molecule has 0 amide bonds. The van der Waals surface area contributed by atoms with Crippen molar-refractivity contribution in [2.45, 2.75) is 25.9 Å². The van der Waals surface area contributed by atoms with Crippen molar-refractivity contribution in [2.24, 2.45) is 0 Å². The fourth-order valence-corrected chi connectivity index (χ4v) is 2.08. The zero-order valence-corrected chi connectivity index (χ0v) is 10.1. The van der Waals surface area contributed by atoms with Crippen LogP contribution in [0.3, 0.4) is 0 Å². The van der Waals surface area contributed by atoms with Crippen molar-refractivity contribution in [1.82, 2.24) is 10.1 Å². The molecule has 3 rings (SSSR count). The van der Waals surface area contributed by atoms with E-state index in [4.69, 9.17) is 9.26 Å². The van der Waals surface area contributed by atoms with Crippen molar-refractivity contribution in [3.63, 3.8) is 0 Å². The molecule has 0 spiro atoms. The van der Waals surface area contributed by atoms with Crippen LogP contribution in [0.15, 0.2) is 22.7 Å².